The van der Waals surface area contributed by atoms with Gasteiger partial charge >= 0.3 is 0 Å². The third-order valence-electron chi connectivity index (χ3n) is 4.98. The fourth-order valence-electron chi connectivity index (χ4n) is 3.35. The molecule has 5 heteroatoms. The molecule has 2 aromatic rings. The molecule has 0 aliphatic rings. The molecule has 0 aromatic heterocycles. The second kappa shape index (κ2) is 13.1. The van der Waals surface area contributed by atoms with Crippen LogP contribution in [-0.4, -0.2) is 35.1 Å². The highest BCUT2D eigenvalue weighted by molar-refractivity contribution is 7.99. The van der Waals surface area contributed by atoms with Gasteiger partial charge in [0.25, 0.3) is 0 Å². The number of carbonyl (C=O) groups is 2. The molecule has 2 amide bonds. The lowest BCUT2D eigenvalue weighted by atomic mass is 10.1. The van der Waals surface area contributed by atoms with Crippen molar-refractivity contribution in [1.29, 1.82) is 0 Å². The number of hydrogen-bond acceptors (Lipinski definition) is 3. The van der Waals surface area contributed by atoms with E-state index in [-0.39, 0.29) is 11.8 Å². The number of thioether (sulfide) groups is 1. The van der Waals surface area contributed by atoms with Crippen LogP contribution in [0.5, 0.6) is 0 Å². The highest BCUT2D eigenvalue weighted by atomic mass is 32.2. The first-order valence-electron chi connectivity index (χ1n) is 10.9. The average Bonchev–Trinajstić information content (AvgIpc) is 2.74. The van der Waals surface area contributed by atoms with E-state index in [0.717, 1.165) is 28.9 Å². The van der Waals surface area contributed by atoms with Crippen molar-refractivity contribution in [2.24, 2.45) is 0 Å². The molecule has 0 spiro atoms. The van der Waals surface area contributed by atoms with E-state index >= 15 is 0 Å². The lowest BCUT2D eigenvalue weighted by Gasteiger charge is -2.31. The molecule has 0 radical (unpaired) electrons. The smallest absolute Gasteiger partial charge is 0.242 e. The van der Waals surface area contributed by atoms with Crippen LogP contribution in [0.3, 0.4) is 0 Å². The van der Waals surface area contributed by atoms with E-state index < -0.39 is 6.04 Å². The van der Waals surface area contributed by atoms with Gasteiger partial charge in [-0.25, -0.2) is 0 Å². The van der Waals surface area contributed by atoms with Gasteiger partial charge in [0.05, 0.1) is 0 Å². The van der Waals surface area contributed by atoms with Crippen LogP contribution in [0, 0.1) is 6.92 Å². The predicted molar refractivity (Wildman–Crippen MR) is 126 cm³/mol. The van der Waals surface area contributed by atoms with Gasteiger partial charge < -0.3 is 10.2 Å². The fourth-order valence-corrected chi connectivity index (χ4v) is 4.21. The van der Waals surface area contributed by atoms with Crippen LogP contribution in [0.25, 0.3) is 0 Å². The Bertz CT molecular complexity index is 795. The maximum Gasteiger partial charge on any atom is 0.242 e. The molecule has 0 bridgehead atoms. The Morgan fingerprint density at radius 2 is 1.83 bits per heavy atom. The summed E-state index contributed by atoms with van der Waals surface area (Å²) >= 11 is 1.67. The minimum Gasteiger partial charge on any atom is -0.354 e. The molecule has 0 fully saturated rings. The summed E-state index contributed by atoms with van der Waals surface area (Å²) in [6.07, 6.45) is 2.98. The average molecular weight is 427 g/mol. The molecule has 4 nitrogen and oxygen atoms in total. The summed E-state index contributed by atoms with van der Waals surface area (Å²) in [6, 6.07) is 17.8. The van der Waals surface area contributed by atoms with Crippen molar-refractivity contribution in [2.75, 3.05) is 12.3 Å². The first kappa shape index (κ1) is 24.0. The van der Waals surface area contributed by atoms with E-state index in [0.29, 0.717) is 31.7 Å². The molecular formula is C25H34N2O2S. The third kappa shape index (κ3) is 7.86. The number of nitrogens with one attached hydrogen (secondary N) is 1. The standard InChI is InChI=1S/C25H34N2O2S/c1-4-6-16-26-25(29)23(5-2)27(19-21-12-10-11-20(3)18-21)24(28)15-17-30-22-13-8-7-9-14-22/h7-14,18,23H,4-6,15-17,19H2,1-3H3,(H,26,29)/t23-/m0/s1. The number of aryl methyl sites for hydroxylation is 1. The largest absolute Gasteiger partial charge is 0.354 e. The van der Waals surface area contributed by atoms with Crippen LogP contribution >= 0.6 is 11.8 Å². The zero-order valence-electron chi connectivity index (χ0n) is 18.4. The Hall–Kier alpha value is -2.27. The normalized spacial score (nSPS) is 11.7. The highest BCUT2D eigenvalue weighted by Gasteiger charge is 2.28. The summed E-state index contributed by atoms with van der Waals surface area (Å²) in [4.78, 5) is 28.9. The van der Waals surface area contributed by atoms with E-state index in [1.165, 1.54) is 0 Å². The second-order valence-electron chi connectivity index (χ2n) is 7.49. The number of benzene rings is 2. The molecule has 0 aliphatic carbocycles. The number of nitrogens with zero attached hydrogens (tertiary/aromatic N) is 1. The second-order valence-corrected chi connectivity index (χ2v) is 8.66. The molecule has 162 valence electrons. The van der Waals surface area contributed by atoms with E-state index in [4.69, 9.17) is 0 Å². The maximum absolute atomic E-state index is 13.2. The molecule has 1 atom stereocenters. The van der Waals surface area contributed by atoms with Gasteiger partial charge in [0.2, 0.25) is 11.8 Å². The Morgan fingerprint density at radius 1 is 1.07 bits per heavy atom. The van der Waals surface area contributed by atoms with Gasteiger partial charge in [0, 0.05) is 30.2 Å². The van der Waals surface area contributed by atoms with E-state index in [1.54, 1.807) is 16.7 Å². The number of rotatable bonds is 12. The van der Waals surface area contributed by atoms with Crippen LogP contribution in [-0.2, 0) is 16.1 Å². The van der Waals surface area contributed by atoms with Gasteiger partial charge in [0.15, 0.2) is 0 Å². The van der Waals surface area contributed by atoms with Crippen LogP contribution in [0.2, 0.25) is 0 Å². The Morgan fingerprint density at radius 3 is 2.50 bits per heavy atom. The zero-order chi connectivity index (χ0) is 21.8. The summed E-state index contributed by atoms with van der Waals surface area (Å²) in [6.45, 7) is 7.22. The lowest BCUT2D eigenvalue weighted by molar-refractivity contribution is -0.141. The van der Waals surface area contributed by atoms with Crippen LogP contribution in [0.15, 0.2) is 59.5 Å². The molecule has 0 unspecified atom stereocenters. The van der Waals surface area contributed by atoms with Crippen molar-refractivity contribution < 1.29 is 9.59 Å². The molecule has 0 saturated carbocycles. The number of unbranched alkanes of at least 4 members (excludes halogenated alkanes) is 1. The summed E-state index contributed by atoms with van der Waals surface area (Å²) < 4.78 is 0. The monoisotopic (exact) mass is 426 g/mol. The molecule has 0 heterocycles. The van der Waals surface area contributed by atoms with Gasteiger partial charge in [-0.2, -0.15) is 0 Å². The first-order chi connectivity index (χ1) is 14.5. The summed E-state index contributed by atoms with van der Waals surface area (Å²) in [5.74, 6) is 0.668. The Kier molecular flexibility index (Phi) is 10.5. The third-order valence-corrected chi connectivity index (χ3v) is 5.99. The molecule has 1 N–H and O–H groups in total. The van der Waals surface area contributed by atoms with Crippen LogP contribution < -0.4 is 5.32 Å². The lowest BCUT2D eigenvalue weighted by Crippen LogP contribution is -2.49. The SMILES string of the molecule is CCCCNC(=O)[C@H](CC)N(Cc1cccc(C)c1)C(=O)CCSc1ccccc1. The predicted octanol–water partition coefficient (Wildman–Crippen LogP) is 5.20. The van der Waals surface area contributed by atoms with E-state index in [9.17, 15) is 9.59 Å². The number of carbonyl (C=O) groups excluding carboxylic acids is 2. The van der Waals surface area contributed by atoms with Crippen LogP contribution in [0.4, 0.5) is 0 Å². The minimum atomic E-state index is -0.448. The number of hydrogen-bond donors (Lipinski definition) is 1. The molecular weight excluding hydrogens is 392 g/mol. The molecule has 0 saturated heterocycles. The highest BCUT2D eigenvalue weighted by Crippen LogP contribution is 2.20. The summed E-state index contributed by atoms with van der Waals surface area (Å²) in [7, 11) is 0. The first-order valence-corrected chi connectivity index (χ1v) is 11.8. The number of amides is 2. The van der Waals surface area contributed by atoms with E-state index in [1.807, 2.05) is 50.2 Å². The van der Waals surface area contributed by atoms with Gasteiger partial charge in [-0.05, 0) is 37.5 Å². The Labute approximate surface area is 185 Å². The van der Waals surface area contributed by atoms with Crippen molar-refractivity contribution in [3.8, 4) is 0 Å². The van der Waals surface area contributed by atoms with E-state index in [2.05, 4.69) is 30.4 Å². The van der Waals surface area contributed by atoms with Crippen LogP contribution in [0.1, 0.15) is 50.7 Å². The zero-order valence-corrected chi connectivity index (χ0v) is 19.2. The van der Waals surface area contributed by atoms with Gasteiger partial charge in [-0.3, -0.25) is 9.59 Å². The molecule has 2 rings (SSSR count). The molecule has 0 aliphatic heterocycles. The molecule has 2 aromatic carbocycles. The maximum atomic E-state index is 13.2. The van der Waals surface area contributed by atoms with Crippen molar-refractivity contribution in [2.45, 2.75) is 63.9 Å². The summed E-state index contributed by atoms with van der Waals surface area (Å²) in [5, 5.41) is 3.01. The molecule has 30 heavy (non-hydrogen) atoms. The summed E-state index contributed by atoms with van der Waals surface area (Å²) in [5.41, 5.74) is 2.21. The van der Waals surface area contributed by atoms with Crippen molar-refractivity contribution in [3.63, 3.8) is 0 Å². The quantitative estimate of drug-likeness (QED) is 0.375. The minimum absolute atomic E-state index is 0.0254. The van der Waals surface area contributed by atoms with Gasteiger partial charge in [-0.1, -0.05) is 68.3 Å². The van der Waals surface area contributed by atoms with Gasteiger partial charge in [-0.15, -0.1) is 11.8 Å². The van der Waals surface area contributed by atoms with Crippen molar-refractivity contribution in [3.05, 3.63) is 65.7 Å². The van der Waals surface area contributed by atoms with Crippen molar-refractivity contribution in [1.82, 2.24) is 10.2 Å². The van der Waals surface area contributed by atoms with Crippen molar-refractivity contribution >= 4 is 23.6 Å². The fraction of sp³-hybridized carbons (Fsp3) is 0.440. The Balaban J connectivity index is 2.09. The topological polar surface area (TPSA) is 49.4 Å². The van der Waals surface area contributed by atoms with Gasteiger partial charge in [0.1, 0.15) is 6.04 Å².